The molecule has 0 N–H and O–H groups in total. The highest BCUT2D eigenvalue weighted by atomic mass is 14.1. The Bertz CT molecular complexity index is 1850. The van der Waals surface area contributed by atoms with E-state index in [4.69, 9.17) is 0 Å². The van der Waals surface area contributed by atoms with Gasteiger partial charge < -0.3 is 0 Å². The maximum Gasteiger partial charge on any atom is -0.00256 e. The van der Waals surface area contributed by atoms with E-state index in [-0.39, 0.29) is 0 Å². The van der Waals surface area contributed by atoms with Gasteiger partial charge in [0.2, 0.25) is 0 Å². The van der Waals surface area contributed by atoms with E-state index in [9.17, 15) is 0 Å². The third-order valence-corrected chi connectivity index (χ3v) is 8.21. The van der Waals surface area contributed by atoms with E-state index in [1.165, 1.54) is 67.6 Å². The molecule has 0 saturated carbocycles. The van der Waals surface area contributed by atoms with Gasteiger partial charge in [-0.15, -0.1) is 0 Å². The van der Waals surface area contributed by atoms with Gasteiger partial charge >= 0.3 is 0 Å². The molecule has 0 amide bonds. The predicted molar refractivity (Wildman–Crippen MR) is 275 cm³/mol. The first kappa shape index (κ1) is 56.6. The van der Waals surface area contributed by atoms with Crippen LogP contribution >= 0.6 is 0 Å². The Morgan fingerprint density at radius 1 is 0.267 bits per heavy atom. The summed E-state index contributed by atoms with van der Waals surface area (Å²) in [6, 6.07) is 65.8. The van der Waals surface area contributed by atoms with Crippen LogP contribution in [0.5, 0.6) is 0 Å². The average molecular weight is 803 g/mol. The largest absolute Gasteiger partial charge is 0.0683 e. The molecule has 0 atom stereocenters. The summed E-state index contributed by atoms with van der Waals surface area (Å²) < 4.78 is 0. The molecule has 0 saturated heterocycles. The number of rotatable bonds is 5. The van der Waals surface area contributed by atoms with Crippen molar-refractivity contribution in [3.8, 4) is 11.1 Å². The Hall–Kier alpha value is -5.46. The Balaban J connectivity index is 0. The van der Waals surface area contributed by atoms with Crippen molar-refractivity contribution < 1.29 is 0 Å². The van der Waals surface area contributed by atoms with E-state index in [1.807, 2.05) is 91.8 Å². The molecule has 7 rings (SSSR count). The highest BCUT2D eigenvalue weighted by Gasteiger charge is 2.07. The van der Waals surface area contributed by atoms with Gasteiger partial charge in [0.25, 0.3) is 0 Å². The topological polar surface area (TPSA) is 0 Å². The van der Waals surface area contributed by atoms with Crippen LogP contribution in [0.2, 0.25) is 0 Å². The second kappa shape index (κ2) is 39.0. The van der Waals surface area contributed by atoms with Gasteiger partial charge in [0, 0.05) is 0 Å². The molecule has 0 heteroatoms. The number of hydrogen-bond donors (Lipinski definition) is 0. The molecule has 0 aromatic heterocycles. The fraction of sp³-hybridized carbons (Fsp3) is 0.300. The molecule has 0 unspecified atom stereocenters. The van der Waals surface area contributed by atoms with Crippen molar-refractivity contribution in [3.05, 3.63) is 238 Å². The van der Waals surface area contributed by atoms with E-state index in [0.717, 1.165) is 12.8 Å². The first-order valence-electron chi connectivity index (χ1n) is 22.6. The van der Waals surface area contributed by atoms with E-state index in [0.29, 0.717) is 0 Å². The lowest BCUT2D eigenvalue weighted by molar-refractivity contribution is 1.09. The van der Waals surface area contributed by atoms with Crippen molar-refractivity contribution in [2.45, 2.75) is 123 Å². The van der Waals surface area contributed by atoms with E-state index in [2.05, 4.69) is 200 Å². The third kappa shape index (κ3) is 26.5. The van der Waals surface area contributed by atoms with Gasteiger partial charge in [0.15, 0.2) is 0 Å². The SMILES string of the molecule is CC.CC.CC.CC.CCC.Cc1ccc(C)c(-c2cc(Cc3ccccc3)ccc2C)c1.Cc1ccccc1.Cc1ccccc1.c1ccc(Cc2ccccc2)cc1. The van der Waals surface area contributed by atoms with Crippen LogP contribution in [0.15, 0.2) is 188 Å². The molecule has 0 aliphatic rings. The fourth-order valence-corrected chi connectivity index (χ4v) is 5.42. The number of benzene rings is 7. The van der Waals surface area contributed by atoms with Gasteiger partial charge in [-0.3, -0.25) is 0 Å². The van der Waals surface area contributed by atoms with E-state index in [1.54, 1.807) is 0 Å². The smallest absolute Gasteiger partial charge is 0.00256 e. The molecule has 0 fully saturated rings. The summed E-state index contributed by atoms with van der Waals surface area (Å²) in [5, 5.41) is 0. The van der Waals surface area contributed by atoms with Crippen LogP contribution in [0.1, 0.15) is 126 Å². The quantitative estimate of drug-likeness (QED) is 0.163. The third-order valence-electron chi connectivity index (χ3n) is 8.21. The van der Waals surface area contributed by atoms with Crippen LogP contribution < -0.4 is 0 Å². The summed E-state index contributed by atoms with van der Waals surface area (Å²) in [4.78, 5) is 0. The standard InChI is InChI=1S/C22H22.C13H12.2C7H8.C3H8.4C2H6/c1-16-9-10-17(2)21(13-16)22-15-20(12-11-18(22)3)14-19-7-5-4-6-8-19;1-3-7-12(8-4-1)11-13-9-5-2-6-10-13;2*1-7-5-3-2-4-6-7;1-3-2;4*1-2/h4-13,15H,14H2,1-3H3;1-10H,11H2;2*2-6H,1H3;3H2,1-2H3;4*1-2H3. The Morgan fingerprint density at radius 2 is 0.533 bits per heavy atom. The molecule has 0 radical (unpaired) electrons. The Labute approximate surface area is 370 Å². The highest BCUT2D eigenvalue weighted by Crippen LogP contribution is 2.29. The van der Waals surface area contributed by atoms with Crippen molar-refractivity contribution in [2.75, 3.05) is 0 Å². The van der Waals surface area contributed by atoms with Crippen molar-refractivity contribution in [3.63, 3.8) is 0 Å². The second-order valence-electron chi connectivity index (χ2n) is 13.3. The molecule has 0 aliphatic heterocycles. The van der Waals surface area contributed by atoms with Crippen LogP contribution in [0, 0.1) is 34.6 Å². The van der Waals surface area contributed by atoms with Crippen LogP contribution in [-0.4, -0.2) is 0 Å². The zero-order valence-electron chi connectivity index (χ0n) is 40.5. The predicted octanol–water partition coefficient (Wildman–Crippen LogP) is 18.7. The Kier molecular flexibility index (Phi) is 36.8. The van der Waals surface area contributed by atoms with Crippen molar-refractivity contribution in [1.82, 2.24) is 0 Å². The van der Waals surface area contributed by atoms with Gasteiger partial charge in [-0.05, 0) is 92.0 Å². The monoisotopic (exact) mass is 803 g/mol. The molecular formula is C60H82. The van der Waals surface area contributed by atoms with Crippen molar-refractivity contribution >= 4 is 0 Å². The van der Waals surface area contributed by atoms with Gasteiger partial charge in [0.05, 0.1) is 0 Å². The summed E-state index contributed by atoms with van der Waals surface area (Å²) in [7, 11) is 0. The number of hydrogen-bond acceptors (Lipinski definition) is 0. The van der Waals surface area contributed by atoms with Gasteiger partial charge in [-0.1, -0.05) is 280 Å². The average Bonchev–Trinajstić information content (AvgIpc) is 3.30. The highest BCUT2D eigenvalue weighted by molar-refractivity contribution is 5.71. The minimum Gasteiger partial charge on any atom is -0.0683 e. The normalized spacial score (nSPS) is 8.78. The zero-order chi connectivity index (χ0) is 45.4. The minimum atomic E-state index is 0.985. The molecule has 0 nitrogen and oxygen atoms in total. The Morgan fingerprint density at radius 3 is 0.833 bits per heavy atom. The molecule has 0 spiro atoms. The second-order valence-corrected chi connectivity index (χ2v) is 13.3. The number of aryl methyl sites for hydroxylation is 5. The maximum absolute atomic E-state index is 2.35. The molecule has 7 aromatic rings. The summed E-state index contributed by atoms with van der Waals surface area (Å²) >= 11 is 0. The lowest BCUT2D eigenvalue weighted by atomic mass is 9.92. The van der Waals surface area contributed by atoms with Crippen LogP contribution in [0.25, 0.3) is 11.1 Å². The van der Waals surface area contributed by atoms with Crippen LogP contribution in [0.3, 0.4) is 0 Å². The van der Waals surface area contributed by atoms with Gasteiger partial charge in [-0.25, -0.2) is 0 Å². The van der Waals surface area contributed by atoms with Crippen LogP contribution in [0.4, 0.5) is 0 Å². The van der Waals surface area contributed by atoms with Crippen LogP contribution in [-0.2, 0) is 12.8 Å². The first-order chi connectivity index (χ1) is 29.3. The molecule has 0 heterocycles. The first-order valence-corrected chi connectivity index (χ1v) is 22.6. The lowest BCUT2D eigenvalue weighted by Gasteiger charge is -2.13. The van der Waals surface area contributed by atoms with E-state index < -0.39 is 0 Å². The van der Waals surface area contributed by atoms with Gasteiger partial charge in [-0.2, -0.15) is 0 Å². The van der Waals surface area contributed by atoms with Gasteiger partial charge in [0.1, 0.15) is 0 Å². The van der Waals surface area contributed by atoms with Crippen molar-refractivity contribution in [1.29, 1.82) is 0 Å². The molecule has 0 aliphatic carbocycles. The summed E-state index contributed by atoms with van der Waals surface area (Å²) in [5.41, 5.74) is 14.8. The lowest BCUT2D eigenvalue weighted by Crippen LogP contribution is -1.93. The molecule has 322 valence electrons. The fourth-order valence-electron chi connectivity index (χ4n) is 5.42. The summed E-state index contributed by atoms with van der Waals surface area (Å²) in [6.07, 6.45) is 3.26. The summed E-state index contributed by atoms with van der Waals surface area (Å²) in [5.74, 6) is 0. The molecule has 7 aromatic carbocycles. The summed E-state index contributed by atoms with van der Waals surface area (Å²) in [6.45, 7) is 31.0. The maximum atomic E-state index is 2.35. The minimum absolute atomic E-state index is 0.985. The molecule has 0 bridgehead atoms. The zero-order valence-corrected chi connectivity index (χ0v) is 40.5. The molecule has 60 heavy (non-hydrogen) atoms. The molecular weight excluding hydrogens is 721 g/mol. The van der Waals surface area contributed by atoms with Crippen molar-refractivity contribution in [2.24, 2.45) is 0 Å². The van der Waals surface area contributed by atoms with E-state index >= 15 is 0 Å².